The van der Waals surface area contributed by atoms with Gasteiger partial charge >= 0.3 is 17.9 Å². The van der Waals surface area contributed by atoms with Crippen molar-refractivity contribution in [3.63, 3.8) is 0 Å². The average Bonchev–Trinajstić information content (AvgIpc) is 3.19. The first-order valence-electron chi connectivity index (χ1n) is 25.7. The van der Waals surface area contributed by atoms with Crippen molar-refractivity contribution in [2.75, 3.05) is 13.2 Å². The molecule has 0 saturated carbocycles. The number of carbonyl (C=O) groups is 3. The minimum Gasteiger partial charge on any atom is -0.462 e. The predicted octanol–water partition coefficient (Wildman–Crippen LogP) is 16.5. The summed E-state index contributed by atoms with van der Waals surface area (Å²) >= 11 is 0. The van der Waals surface area contributed by atoms with Crippen LogP contribution in [0.4, 0.5) is 0 Å². The second-order valence-electron chi connectivity index (χ2n) is 18.8. The molecule has 0 rings (SSSR count). The molecule has 0 aromatic rings. The number of carbonyl (C=O) groups excluding carboxylic acids is 3. The van der Waals surface area contributed by atoms with Crippen LogP contribution in [0, 0.1) is 11.8 Å². The molecule has 0 aliphatic carbocycles. The fourth-order valence-corrected chi connectivity index (χ4v) is 7.81. The zero-order valence-electron chi connectivity index (χ0n) is 39.7. The lowest BCUT2D eigenvalue weighted by atomic mass is 10.0. The Morgan fingerprint density at radius 2 is 0.569 bits per heavy atom. The van der Waals surface area contributed by atoms with Crippen molar-refractivity contribution in [3.05, 3.63) is 0 Å². The molecule has 1 atom stereocenters. The normalized spacial score (nSPS) is 12.1. The van der Waals surface area contributed by atoms with E-state index in [-0.39, 0.29) is 31.1 Å². The maximum absolute atomic E-state index is 12.8. The van der Waals surface area contributed by atoms with Crippen molar-refractivity contribution in [2.45, 2.75) is 291 Å². The smallest absolute Gasteiger partial charge is 0.306 e. The second-order valence-corrected chi connectivity index (χ2v) is 18.8. The van der Waals surface area contributed by atoms with Crippen molar-refractivity contribution in [1.82, 2.24) is 0 Å². The van der Waals surface area contributed by atoms with Gasteiger partial charge < -0.3 is 14.2 Å². The summed E-state index contributed by atoms with van der Waals surface area (Å²) in [5.74, 6) is 0.798. The molecule has 0 N–H and O–H groups in total. The van der Waals surface area contributed by atoms with Gasteiger partial charge in [-0.25, -0.2) is 0 Å². The lowest BCUT2D eigenvalue weighted by Crippen LogP contribution is -2.30. The van der Waals surface area contributed by atoms with Crippen LogP contribution in [0.5, 0.6) is 0 Å². The Morgan fingerprint density at radius 1 is 0.328 bits per heavy atom. The molecular weight excluding hydrogens is 721 g/mol. The van der Waals surface area contributed by atoms with E-state index in [1.807, 2.05) is 0 Å². The van der Waals surface area contributed by atoms with Crippen LogP contribution in [0.3, 0.4) is 0 Å². The van der Waals surface area contributed by atoms with E-state index in [1.54, 1.807) is 0 Å². The summed E-state index contributed by atoms with van der Waals surface area (Å²) in [5.41, 5.74) is 0. The number of esters is 3. The van der Waals surface area contributed by atoms with Gasteiger partial charge in [0.25, 0.3) is 0 Å². The minimum atomic E-state index is -0.761. The van der Waals surface area contributed by atoms with Gasteiger partial charge in [0.1, 0.15) is 13.2 Å². The molecule has 0 bridgehead atoms. The highest BCUT2D eigenvalue weighted by Crippen LogP contribution is 2.17. The van der Waals surface area contributed by atoms with Crippen LogP contribution >= 0.6 is 0 Å². The van der Waals surface area contributed by atoms with Crippen LogP contribution in [-0.4, -0.2) is 37.2 Å². The summed E-state index contributed by atoms with van der Waals surface area (Å²) in [7, 11) is 0. The zero-order valence-corrected chi connectivity index (χ0v) is 39.7. The molecule has 0 spiro atoms. The molecule has 0 aliphatic heterocycles. The summed E-state index contributed by atoms with van der Waals surface area (Å²) in [6, 6.07) is 0. The fraction of sp³-hybridized carbons (Fsp3) is 0.942. The summed E-state index contributed by atoms with van der Waals surface area (Å²) < 4.78 is 16.8. The Balaban J connectivity index is 4.31. The molecule has 0 unspecified atom stereocenters. The van der Waals surface area contributed by atoms with Gasteiger partial charge in [-0.3, -0.25) is 14.4 Å². The summed E-state index contributed by atoms with van der Waals surface area (Å²) in [4.78, 5) is 37.9. The quantitative estimate of drug-likeness (QED) is 0.0346. The van der Waals surface area contributed by atoms with Crippen molar-refractivity contribution in [2.24, 2.45) is 11.8 Å². The van der Waals surface area contributed by atoms with E-state index < -0.39 is 6.10 Å². The van der Waals surface area contributed by atoms with Gasteiger partial charge in [0.05, 0.1) is 0 Å². The van der Waals surface area contributed by atoms with Crippen LogP contribution in [0.1, 0.15) is 285 Å². The predicted molar refractivity (Wildman–Crippen MR) is 247 cm³/mol. The molecule has 0 heterocycles. The number of hydrogen-bond acceptors (Lipinski definition) is 6. The first-order chi connectivity index (χ1) is 28.2. The van der Waals surface area contributed by atoms with E-state index in [2.05, 4.69) is 34.6 Å². The molecule has 58 heavy (non-hydrogen) atoms. The maximum atomic E-state index is 12.8. The van der Waals surface area contributed by atoms with Crippen molar-refractivity contribution in [3.8, 4) is 0 Å². The Hall–Kier alpha value is -1.59. The SMILES string of the molecule is CCCCCCCCCCCCCCC(=O)OC[C@H](COC(=O)CCCCCCCCCCCC(C)C)OC(=O)CCCCCCCCCCCCCCCC(C)C. The molecule has 0 radical (unpaired) electrons. The van der Waals surface area contributed by atoms with Gasteiger partial charge in [-0.05, 0) is 31.1 Å². The first-order valence-corrected chi connectivity index (χ1v) is 25.7. The second kappa shape index (κ2) is 44.9. The zero-order chi connectivity index (χ0) is 42.6. The molecular formula is C52H100O6. The third-order valence-electron chi connectivity index (χ3n) is 11.7. The lowest BCUT2D eigenvalue weighted by molar-refractivity contribution is -0.167. The van der Waals surface area contributed by atoms with Crippen LogP contribution in [0.25, 0.3) is 0 Å². The van der Waals surface area contributed by atoms with E-state index in [1.165, 1.54) is 173 Å². The molecule has 6 heteroatoms. The Bertz CT molecular complexity index is 885. The number of rotatable bonds is 46. The van der Waals surface area contributed by atoms with E-state index in [4.69, 9.17) is 14.2 Å². The minimum absolute atomic E-state index is 0.0638. The number of ether oxygens (including phenoxy) is 3. The van der Waals surface area contributed by atoms with Crippen LogP contribution in [-0.2, 0) is 28.6 Å². The highest BCUT2D eigenvalue weighted by molar-refractivity contribution is 5.71. The van der Waals surface area contributed by atoms with E-state index in [0.29, 0.717) is 19.3 Å². The van der Waals surface area contributed by atoms with Crippen LogP contribution < -0.4 is 0 Å². The van der Waals surface area contributed by atoms with E-state index in [9.17, 15) is 14.4 Å². The first kappa shape index (κ1) is 56.4. The van der Waals surface area contributed by atoms with Crippen molar-refractivity contribution >= 4 is 17.9 Å². The van der Waals surface area contributed by atoms with Gasteiger partial charge in [0.15, 0.2) is 6.10 Å². The maximum Gasteiger partial charge on any atom is 0.306 e. The third-order valence-corrected chi connectivity index (χ3v) is 11.7. The topological polar surface area (TPSA) is 78.9 Å². The molecule has 6 nitrogen and oxygen atoms in total. The highest BCUT2D eigenvalue weighted by atomic mass is 16.6. The molecule has 0 aromatic heterocycles. The van der Waals surface area contributed by atoms with Crippen molar-refractivity contribution in [1.29, 1.82) is 0 Å². The van der Waals surface area contributed by atoms with Crippen molar-refractivity contribution < 1.29 is 28.6 Å². The molecule has 0 aliphatic rings. The van der Waals surface area contributed by atoms with E-state index in [0.717, 1.165) is 69.6 Å². The molecule has 0 saturated heterocycles. The lowest BCUT2D eigenvalue weighted by Gasteiger charge is -2.18. The van der Waals surface area contributed by atoms with Gasteiger partial charge in [-0.1, -0.05) is 247 Å². The highest BCUT2D eigenvalue weighted by Gasteiger charge is 2.19. The summed E-state index contributed by atoms with van der Waals surface area (Å²) in [6.45, 7) is 11.4. The van der Waals surface area contributed by atoms with Crippen LogP contribution in [0.15, 0.2) is 0 Å². The third kappa shape index (κ3) is 45.5. The fourth-order valence-electron chi connectivity index (χ4n) is 7.81. The monoisotopic (exact) mass is 821 g/mol. The Kier molecular flexibility index (Phi) is 43.7. The summed E-state index contributed by atoms with van der Waals surface area (Å²) in [6.07, 6.45) is 45.1. The van der Waals surface area contributed by atoms with Gasteiger partial charge in [-0.2, -0.15) is 0 Å². The Morgan fingerprint density at radius 3 is 0.845 bits per heavy atom. The largest absolute Gasteiger partial charge is 0.462 e. The van der Waals surface area contributed by atoms with Gasteiger partial charge in [0.2, 0.25) is 0 Å². The van der Waals surface area contributed by atoms with E-state index >= 15 is 0 Å². The van der Waals surface area contributed by atoms with Crippen LogP contribution in [0.2, 0.25) is 0 Å². The standard InChI is InChI=1S/C52H100O6/c1-6-7-8-9-10-11-12-17-22-27-32-37-42-50(53)56-45-49(46-57-51(54)43-38-33-28-24-19-21-26-31-36-41-48(4)5)58-52(55)44-39-34-29-23-18-15-13-14-16-20-25-30-35-40-47(2)3/h47-49H,6-46H2,1-5H3/t49-/m1/s1. The summed E-state index contributed by atoms with van der Waals surface area (Å²) in [5, 5.41) is 0. The number of unbranched alkanes of at least 4 members (excludes halogenated alkanes) is 31. The molecule has 0 fully saturated rings. The molecule has 0 aromatic carbocycles. The van der Waals surface area contributed by atoms with Gasteiger partial charge in [0, 0.05) is 19.3 Å². The number of hydrogen-bond donors (Lipinski definition) is 0. The van der Waals surface area contributed by atoms with Gasteiger partial charge in [-0.15, -0.1) is 0 Å². The average molecular weight is 821 g/mol. The Labute approximate surface area is 361 Å². The molecule has 344 valence electrons. The molecule has 0 amide bonds.